The minimum absolute atomic E-state index is 0.149. The van der Waals surface area contributed by atoms with Crippen molar-refractivity contribution in [2.45, 2.75) is 44.2 Å². The molecule has 0 spiro atoms. The number of hydrogen-bond acceptors (Lipinski definition) is 3. The predicted molar refractivity (Wildman–Crippen MR) is 62.6 cm³/mol. The summed E-state index contributed by atoms with van der Waals surface area (Å²) >= 11 is 0. The Kier molecular flexibility index (Phi) is 2.39. The normalized spacial score (nSPS) is 24.3. The minimum atomic E-state index is 0.149. The molecule has 88 valence electrons. The molecule has 16 heavy (non-hydrogen) atoms. The first-order chi connectivity index (χ1) is 7.77. The zero-order valence-electron chi connectivity index (χ0n) is 9.78. The smallest absolute Gasteiger partial charge is 0.203 e. The number of nitrogens with zero attached hydrogens (tertiary/aromatic N) is 2. The van der Waals surface area contributed by atoms with Crippen LogP contribution in [-0.2, 0) is 4.74 Å². The number of aromatic nitrogens is 2. The van der Waals surface area contributed by atoms with E-state index in [0.29, 0.717) is 6.04 Å². The third kappa shape index (κ3) is 1.94. The zero-order valence-corrected chi connectivity index (χ0v) is 9.78. The maximum Gasteiger partial charge on any atom is 0.203 e. The molecule has 4 heteroatoms. The summed E-state index contributed by atoms with van der Waals surface area (Å²) < 4.78 is 7.69. The first kappa shape index (κ1) is 10.1. The second-order valence-corrected chi connectivity index (χ2v) is 5.19. The Bertz CT molecular complexity index is 364. The molecule has 1 aromatic rings. The summed E-state index contributed by atoms with van der Waals surface area (Å²) in [6.07, 6.45) is 8.69. The van der Waals surface area contributed by atoms with Crippen LogP contribution in [0.15, 0.2) is 12.4 Å². The quantitative estimate of drug-likeness (QED) is 0.850. The molecule has 0 amide bonds. The third-order valence-corrected chi connectivity index (χ3v) is 3.62. The lowest BCUT2D eigenvalue weighted by Gasteiger charge is -2.35. The maximum absolute atomic E-state index is 5.41. The first-order valence-corrected chi connectivity index (χ1v) is 6.16. The Morgan fingerprint density at radius 2 is 2.19 bits per heavy atom. The Labute approximate surface area is 96.0 Å². The summed E-state index contributed by atoms with van der Waals surface area (Å²) in [4.78, 5) is 4.43. The van der Waals surface area contributed by atoms with E-state index in [9.17, 15) is 0 Å². The van der Waals surface area contributed by atoms with Crippen LogP contribution in [-0.4, -0.2) is 28.3 Å². The summed E-state index contributed by atoms with van der Waals surface area (Å²) in [5, 5.41) is 3.60. The van der Waals surface area contributed by atoms with E-state index in [1.807, 2.05) is 6.20 Å². The van der Waals surface area contributed by atoms with Crippen LogP contribution in [0, 0.1) is 0 Å². The summed E-state index contributed by atoms with van der Waals surface area (Å²) in [6.45, 7) is 3.97. The second-order valence-electron chi connectivity index (χ2n) is 5.19. The molecule has 1 aliphatic carbocycles. The fourth-order valence-corrected chi connectivity index (χ4v) is 2.27. The van der Waals surface area contributed by atoms with Gasteiger partial charge >= 0.3 is 0 Å². The van der Waals surface area contributed by atoms with Gasteiger partial charge in [0.1, 0.15) is 0 Å². The van der Waals surface area contributed by atoms with Gasteiger partial charge in [-0.1, -0.05) is 0 Å². The van der Waals surface area contributed by atoms with Crippen LogP contribution in [0.5, 0.6) is 0 Å². The molecular weight excluding hydrogens is 202 g/mol. The molecule has 1 aliphatic heterocycles. The van der Waals surface area contributed by atoms with Gasteiger partial charge in [-0.2, -0.15) is 0 Å². The number of hydrogen-bond donors (Lipinski definition) is 1. The molecular formula is C12H19N3O. The van der Waals surface area contributed by atoms with Crippen LogP contribution in [0.1, 0.15) is 38.6 Å². The summed E-state index contributed by atoms with van der Waals surface area (Å²) in [6, 6.07) is 0.688. The SMILES string of the molecule is CC1(Nc2nccn2C2CC2)CCOCC1. The molecule has 4 nitrogen and oxygen atoms in total. The van der Waals surface area contributed by atoms with Gasteiger partial charge in [0.15, 0.2) is 0 Å². The Hall–Kier alpha value is -1.03. The van der Waals surface area contributed by atoms with Crippen molar-refractivity contribution in [1.82, 2.24) is 9.55 Å². The predicted octanol–water partition coefficient (Wildman–Crippen LogP) is 2.20. The molecule has 1 aromatic heterocycles. The van der Waals surface area contributed by atoms with Gasteiger partial charge in [-0.25, -0.2) is 4.98 Å². The van der Waals surface area contributed by atoms with Crippen LogP contribution in [0.4, 0.5) is 5.95 Å². The van der Waals surface area contributed by atoms with Crippen molar-refractivity contribution in [1.29, 1.82) is 0 Å². The maximum atomic E-state index is 5.41. The third-order valence-electron chi connectivity index (χ3n) is 3.62. The highest BCUT2D eigenvalue weighted by molar-refractivity contribution is 5.32. The average Bonchev–Trinajstić information content (AvgIpc) is 3.01. The Balaban J connectivity index is 1.74. The van der Waals surface area contributed by atoms with Crippen LogP contribution < -0.4 is 5.32 Å². The lowest BCUT2D eigenvalue weighted by atomic mass is 9.93. The number of anilines is 1. The molecule has 2 heterocycles. The summed E-state index contributed by atoms with van der Waals surface area (Å²) in [5.41, 5.74) is 0.149. The molecule has 3 rings (SSSR count). The van der Waals surface area contributed by atoms with Gasteiger partial charge in [-0.15, -0.1) is 0 Å². The lowest BCUT2D eigenvalue weighted by Crippen LogP contribution is -2.41. The van der Waals surface area contributed by atoms with E-state index in [1.54, 1.807) is 0 Å². The number of imidazole rings is 1. The molecule has 0 unspecified atom stereocenters. The van der Waals surface area contributed by atoms with E-state index in [1.165, 1.54) is 12.8 Å². The minimum Gasteiger partial charge on any atom is -0.381 e. The number of rotatable bonds is 3. The van der Waals surface area contributed by atoms with Gasteiger partial charge in [-0.05, 0) is 32.6 Å². The Morgan fingerprint density at radius 1 is 1.44 bits per heavy atom. The van der Waals surface area contributed by atoms with Crippen molar-refractivity contribution in [3.63, 3.8) is 0 Å². The van der Waals surface area contributed by atoms with Crippen LogP contribution in [0.25, 0.3) is 0 Å². The van der Waals surface area contributed by atoms with E-state index in [4.69, 9.17) is 4.74 Å². The van der Waals surface area contributed by atoms with Gasteiger partial charge < -0.3 is 14.6 Å². The van der Waals surface area contributed by atoms with Crippen molar-refractivity contribution in [2.24, 2.45) is 0 Å². The van der Waals surface area contributed by atoms with Crippen LogP contribution in [0.2, 0.25) is 0 Å². The van der Waals surface area contributed by atoms with Crippen molar-refractivity contribution >= 4 is 5.95 Å². The zero-order chi connectivity index (χ0) is 11.0. The largest absolute Gasteiger partial charge is 0.381 e. The van der Waals surface area contributed by atoms with E-state index >= 15 is 0 Å². The van der Waals surface area contributed by atoms with E-state index < -0.39 is 0 Å². The monoisotopic (exact) mass is 221 g/mol. The molecule has 0 radical (unpaired) electrons. The van der Waals surface area contributed by atoms with E-state index in [0.717, 1.165) is 32.0 Å². The standard InChI is InChI=1S/C12H19N3O/c1-12(4-8-16-9-5-12)14-11-13-6-7-15(11)10-2-3-10/h6-7,10H,2-5,8-9H2,1H3,(H,13,14). The van der Waals surface area contributed by atoms with Crippen molar-refractivity contribution in [3.8, 4) is 0 Å². The van der Waals surface area contributed by atoms with E-state index in [2.05, 4.69) is 28.0 Å². The highest BCUT2D eigenvalue weighted by atomic mass is 16.5. The van der Waals surface area contributed by atoms with Gasteiger partial charge in [0, 0.05) is 37.2 Å². The van der Waals surface area contributed by atoms with Gasteiger partial charge in [0.25, 0.3) is 0 Å². The average molecular weight is 221 g/mol. The molecule has 1 N–H and O–H groups in total. The highest BCUT2D eigenvalue weighted by Gasteiger charge is 2.31. The molecule has 0 bridgehead atoms. The topological polar surface area (TPSA) is 39.1 Å². The van der Waals surface area contributed by atoms with Crippen molar-refractivity contribution in [2.75, 3.05) is 18.5 Å². The molecule has 0 atom stereocenters. The second kappa shape index (κ2) is 3.77. The summed E-state index contributed by atoms with van der Waals surface area (Å²) in [5.74, 6) is 1.03. The molecule has 1 saturated heterocycles. The van der Waals surface area contributed by atoms with Crippen LogP contribution in [0.3, 0.4) is 0 Å². The first-order valence-electron chi connectivity index (χ1n) is 6.16. The van der Waals surface area contributed by atoms with Gasteiger partial charge in [0.05, 0.1) is 0 Å². The summed E-state index contributed by atoms with van der Waals surface area (Å²) in [7, 11) is 0. The van der Waals surface area contributed by atoms with Crippen molar-refractivity contribution in [3.05, 3.63) is 12.4 Å². The van der Waals surface area contributed by atoms with Gasteiger partial charge in [0.2, 0.25) is 5.95 Å². The number of nitrogens with one attached hydrogen (secondary N) is 1. The van der Waals surface area contributed by atoms with Crippen LogP contribution >= 0.6 is 0 Å². The Morgan fingerprint density at radius 3 is 2.88 bits per heavy atom. The fourth-order valence-electron chi connectivity index (χ4n) is 2.27. The lowest BCUT2D eigenvalue weighted by molar-refractivity contribution is 0.0655. The van der Waals surface area contributed by atoms with E-state index in [-0.39, 0.29) is 5.54 Å². The fraction of sp³-hybridized carbons (Fsp3) is 0.750. The molecule has 0 aromatic carbocycles. The van der Waals surface area contributed by atoms with Crippen molar-refractivity contribution < 1.29 is 4.74 Å². The number of ether oxygens (including phenoxy) is 1. The highest BCUT2D eigenvalue weighted by Crippen LogP contribution is 2.37. The molecule has 2 aliphatic rings. The molecule has 2 fully saturated rings. The molecule has 1 saturated carbocycles. The van der Waals surface area contributed by atoms with Gasteiger partial charge in [-0.3, -0.25) is 0 Å².